The molecule has 378 valence electrons. The van der Waals surface area contributed by atoms with Gasteiger partial charge in [-0.15, -0.1) is 0 Å². The summed E-state index contributed by atoms with van der Waals surface area (Å²) in [6.45, 7) is 1.61. The minimum Gasteiger partial charge on any atom is -0.449 e. The van der Waals surface area contributed by atoms with Gasteiger partial charge in [-0.25, -0.2) is 18.0 Å². The molecule has 27 heteroatoms. The molecule has 0 fully saturated rings. The summed E-state index contributed by atoms with van der Waals surface area (Å²) in [5, 5.41) is -1.81. The van der Waals surface area contributed by atoms with Crippen LogP contribution in [0.15, 0.2) is 30.4 Å². The maximum Gasteiger partial charge on any atom is 0.460 e. The molecule has 0 aliphatic carbocycles. The number of nitrogens with one attached hydrogen (secondary N) is 3. The van der Waals surface area contributed by atoms with Crippen molar-refractivity contribution >= 4 is 33.4 Å². The van der Waals surface area contributed by atoms with Gasteiger partial charge in [-0.1, -0.05) is 82.9 Å². The Morgan fingerprint density at radius 3 is 1.51 bits per heavy atom. The smallest absolute Gasteiger partial charge is 0.449 e. The van der Waals surface area contributed by atoms with Gasteiger partial charge >= 0.3 is 59.2 Å². The molecular weight excluding hydrogens is 949 g/mol. The molecule has 0 saturated heterocycles. The lowest BCUT2D eigenvalue weighted by atomic mass is 9.91. The molecule has 9 nitrogen and oxygen atoms in total. The van der Waals surface area contributed by atoms with E-state index in [0.717, 1.165) is 44.9 Å². The molecule has 0 spiro atoms. The highest BCUT2D eigenvalue weighted by Crippen LogP contribution is 2.64. The third-order valence-electron chi connectivity index (χ3n) is 9.50. The summed E-state index contributed by atoms with van der Waals surface area (Å²) in [6, 6.07) is 3.90. The van der Waals surface area contributed by atoms with Gasteiger partial charge in [0.15, 0.2) is 0 Å². The zero-order valence-corrected chi connectivity index (χ0v) is 35.7. The number of alkyl halides is 17. The van der Waals surface area contributed by atoms with Crippen LogP contribution in [0.1, 0.15) is 102 Å². The number of halogens is 17. The molecule has 0 unspecified atom stereocenters. The van der Waals surface area contributed by atoms with Crippen LogP contribution in [0, 0.1) is 6.92 Å². The van der Waals surface area contributed by atoms with Crippen molar-refractivity contribution in [3.8, 4) is 0 Å². The monoisotopic (exact) mass is 999 g/mol. The van der Waals surface area contributed by atoms with E-state index in [1.165, 1.54) is 62.0 Å². The first-order chi connectivity index (χ1) is 29.7. The number of rotatable bonds is 30. The molecule has 0 aliphatic rings. The Balaban J connectivity index is 2.62. The SMILES string of the molecule is CCCCCCCCC=CCCCCCCCCOC(=O)Nc1cc(NC(=O)OCCNCS(=O)(=O)C(F)(F)C(F)(F)C(F)(F)C(F)(F)C(F)(F)C(F)(F)C(F)(F)C(F)(F)F)ccc1C. The van der Waals surface area contributed by atoms with Gasteiger partial charge < -0.3 is 14.8 Å². The first-order valence-corrected chi connectivity index (χ1v) is 21.6. The van der Waals surface area contributed by atoms with Crippen LogP contribution >= 0.6 is 0 Å². The van der Waals surface area contributed by atoms with Gasteiger partial charge in [-0.05, 0) is 56.7 Å². The number of sulfone groups is 1. The summed E-state index contributed by atoms with van der Waals surface area (Å²) in [5.41, 5.74) is 0.547. The second kappa shape index (κ2) is 24.3. The Hall–Kier alpha value is -3.78. The van der Waals surface area contributed by atoms with E-state index in [9.17, 15) is 92.6 Å². The van der Waals surface area contributed by atoms with Crippen molar-refractivity contribution in [2.24, 2.45) is 0 Å². The van der Waals surface area contributed by atoms with Crippen LogP contribution in [0.4, 0.5) is 95.6 Å². The number of anilines is 2. The number of benzene rings is 1. The third kappa shape index (κ3) is 14.9. The van der Waals surface area contributed by atoms with Crippen LogP contribution in [0.3, 0.4) is 0 Å². The van der Waals surface area contributed by atoms with Crippen LogP contribution in [0.2, 0.25) is 0 Å². The predicted molar refractivity (Wildman–Crippen MR) is 203 cm³/mol. The summed E-state index contributed by atoms with van der Waals surface area (Å²) >= 11 is 0. The maximum atomic E-state index is 14.3. The van der Waals surface area contributed by atoms with Crippen molar-refractivity contribution in [2.45, 2.75) is 151 Å². The summed E-state index contributed by atoms with van der Waals surface area (Å²) in [6.07, 6.45) is 9.49. The Morgan fingerprint density at radius 2 is 1.00 bits per heavy atom. The average Bonchev–Trinajstić information content (AvgIpc) is 3.19. The van der Waals surface area contributed by atoms with Gasteiger partial charge in [-0.3, -0.25) is 10.6 Å². The summed E-state index contributed by atoms with van der Waals surface area (Å²) in [5.74, 6) is -54.8. The van der Waals surface area contributed by atoms with Gasteiger partial charge in [0.1, 0.15) is 12.5 Å². The Kier molecular flexibility index (Phi) is 22.1. The number of carbonyl (C=O) groups excluding carboxylic acids is 2. The van der Waals surface area contributed by atoms with Crippen molar-refractivity contribution in [1.82, 2.24) is 5.32 Å². The van der Waals surface area contributed by atoms with Crippen LogP contribution < -0.4 is 16.0 Å². The van der Waals surface area contributed by atoms with E-state index in [1.54, 1.807) is 6.92 Å². The molecule has 1 aromatic rings. The summed E-state index contributed by atoms with van der Waals surface area (Å²) in [7, 11) is -7.35. The fourth-order valence-corrected chi connectivity index (χ4v) is 6.62. The Morgan fingerprint density at radius 1 is 0.569 bits per heavy atom. The molecule has 0 saturated carbocycles. The number of aryl methyl sites for hydroxylation is 1. The van der Waals surface area contributed by atoms with E-state index in [2.05, 4.69) is 34.4 Å². The van der Waals surface area contributed by atoms with E-state index in [1.807, 2.05) is 0 Å². The van der Waals surface area contributed by atoms with Crippen molar-refractivity contribution in [3.63, 3.8) is 0 Å². The molecule has 0 heterocycles. The van der Waals surface area contributed by atoms with Crippen LogP contribution in [0.5, 0.6) is 0 Å². The van der Waals surface area contributed by atoms with E-state index < -0.39 is 88.0 Å². The number of hydrogen-bond donors (Lipinski definition) is 3. The number of ether oxygens (including phenoxy) is 2. The predicted octanol–water partition coefficient (Wildman–Crippen LogP) is 13.1. The number of hydrogen-bond acceptors (Lipinski definition) is 7. The molecule has 1 aromatic carbocycles. The standard InChI is InChI=1S/C38H50F17N3O6S/c1-3-4-5-6-7-8-9-10-11-12-13-14-15-16-17-18-22-63-30(60)58-28-24-27(20-19-26(28)2)57-29(59)64-23-21-56-25-65(61,62)38(54,55)36(49,50)34(45,46)32(41,42)31(39,40)33(43,44)35(47,48)37(51,52)53/h10-11,19-20,24,56H,3-9,12-18,21-23,25H2,1-2H3,(H,57,59)(H,58,60). The fourth-order valence-electron chi connectivity index (χ4n) is 5.51. The molecule has 0 aliphatic heterocycles. The first kappa shape index (κ1) is 59.2. The van der Waals surface area contributed by atoms with Crippen molar-refractivity contribution in [2.75, 3.05) is 36.3 Å². The minimum atomic E-state index is -8.93. The molecule has 1 rings (SSSR count). The molecule has 0 radical (unpaired) electrons. The normalized spacial score (nSPS) is 13.9. The first-order valence-electron chi connectivity index (χ1n) is 20.0. The fraction of sp³-hybridized carbons (Fsp3) is 0.737. The molecule has 65 heavy (non-hydrogen) atoms. The quantitative estimate of drug-likeness (QED) is 0.0398. The maximum absolute atomic E-state index is 14.3. The van der Waals surface area contributed by atoms with E-state index in [0.29, 0.717) is 12.0 Å². The summed E-state index contributed by atoms with van der Waals surface area (Å²) in [4.78, 5) is 24.4. The molecule has 0 atom stereocenters. The van der Waals surface area contributed by atoms with E-state index >= 15 is 0 Å². The zero-order chi connectivity index (χ0) is 50.2. The number of allylic oxidation sites excluding steroid dienone is 2. The van der Waals surface area contributed by atoms with E-state index in [4.69, 9.17) is 4.74 Å². The Bertz CT molecular complexity index is 1800. The number of amides is 2. The minimum absolute atomic E-state index is 0.0650. The van der Waals surface area contributed by atoms with Gasteiger partial charge in [0, 0.05) is 17.9 Å². The lowest BCUT2D eigenvalue weighted by Crippen LogP contribution is -2.75. The topological polar surface area (TPSA) is 123 Å². The van der Waals surface area contributed by atoms with Crippen LogP contribution in [0.25, 0.3) is 0 Å². The van der Waals surface area contributed by atoms with Gasteiger partial charge in [0.2, 0.25) is 9.84 Å². The largest absolute Gasteiger partial charge is 0.460 e. The average molecular weight is 1000 g/mol. The lowest BCUT2D eigenvalue weighted by Gasteiger charge is -2.42. The van der Waals surface area contributed by atoms with Crippen molar-refractivity contribution in [3.05, 3.63) is 35.9 Å². The second-order valence-corrected chi connectivity index (χ2v) is 16.7. The van der Waals surface area contributed by atoms with Gasteiger partial charge in [0.25, 0.3) is 0 Å². The molecule has 3 N–H and O–H groups in total. The molecule has 0 bridgehead atoms. The molecule has 0 aromatic heterocycles. The third-order valence-corrected chi connectivity index (χ3v) is 11.1. The highest BCUT2D eigenvalue weighted by molar-refractivity contribution is 7.92. The molecule has 2 amide bonds. The van der Waals surface area contributed by atoms with Crippen LogP contribution in [-0.2, 0) is 19.3 Å². The zero-order valence-electron chi connectivity index (χ0n) is 34.9. The highest BCUT2D eigenvalue weighted by atomic mass is 32.2. The molecular formula is C38H50F17N3O6S. The van der Waals surface area contributed by atoms with Crippen molar-refractivity contribution in [1.29, 1.82) is 0 Å². The van der Waals surface area contributed by atoms with Crippen LogP contribution in [-0.4, -0.2) is 93.2 Å². The number of unbranched alkanes of at least 4 members (excludes halogenated alkanes) is 12. The second-order valence-electron chi connectivity index (χ2n) is 14.7. The lowest BCUT2D eigenvalue weighted by molar-refractivity contribution is -0.458. The summed E-state index contributed by atoms with van der Waals surface area (Å²) < 4.78 is 263. The van der Waals surface area contributed by atoms with Gasteiger partial charge in [-0.2, -0.15) is 74.6 Å². The highest BCUT2D eigenvalue weighted by Gasteiger charge is 2.96. The van der Waals surface area contributed by atoms with Crippen molar-refractivity contribution < 1.29 is 102 Å². The Labute approximate surface area is 363 Å². The van der Waals surface area contributed by atoms with E-state index in [-0.39, 0.29) is 18.0 Å². The number of carbonyl (C=O) groups is 2. The van der Waals surface area contributed by atoms with Gasteiger partial charge in [0.05, 0.1) is 6.61 Å².